The third-order valence-corrected chi connectivity index (χ3v) is 4.12. The number of ether oxygens (including phenoxy) is 1. The molecular weight excluding hydrogens is 264 g/mol. The summed E-state index contributed by atoms with van der Waals surface area (Å²) in [4.78, 5) is 2.36. The van der Waals surface area contributed by atoms with E-state index in [2.05, 4.69) is 55.3 Å². The van der Waals surface area contributed by atoms with E-state index in [0.29, 0.717) is 18.7 Å². The van der Waals surface area contributed by atoms with Gasteiger partial charge in [-0.1, -0.05) is 25.1 Å². The van der Waals surface area contributed by atoms with Crippen LogP contribution in [-0.2, 0) is 4.74 Å². The quantitative estimate of drug-likeness (QED) is 0.845. The molecule has 2 rings (SSSR count). The molecule has 0 aliphatic carbocycles. The molecule has 1 heterocycles. The van der Waals surface area contributed by atoms with E-state index in [9.17, 15) is 5.11 Å². The molecule has 1 aromatic rings. The second-order valence-corrected chi connectivity index (χ2v) is 5.87. The maximum atomic E-state index is 9.37. The fourth-order valence-corrected chi connectivity index (χ4v) is 2.85. The Morgan fingerprint density at radius 3 is 2.90 bits per heavy atom. The van der Waals surface area contributed by atoms with Gasteiger partial charge in [0, 0.05) is 24.3 Å². The SMILES string of the molecule is CCCNC(C)c1ccccc1N1CC(CO)OCC1C. The molecule has 0 aromatic heterocycles. The fourth-order valence-electron chi connectivity index (χ4n) is 2.85. The highest BCUT2D eigenvalue weighted by atomic mass is 16.5. The van der Waals surface area contributed by atoms with Crippen molar-refractivity contribution in [3.05, 3.63) is 29.8 Å². The molecule has 1 saturated heterocycles. The van der Waals surface area contributed by atoms with Crippen LogP contribution in [0.1, 0.15) is 38.8 Å². The zero-order valence-electron chi connectivity index (χ0n) is 13.4. The first-order valence-corrected chi connectivity index (χ1v) is 7.98. The van der Waals surface area contributed by atoms with Crippen LogP contribution in [-0.4, -0.2) is 43.6 Å². The first-order valence-electron chi connectivity index (χ1n) is 7.98. The van der Waals surface area contributed by atoms with Crippen LogP contribution in [0.4, 0.5) is 5.69 Å². The van der Waals surface area contributed by atoms with E-state index in [0.717, 1.165) is 19.5 Å². The Hall–Kier alpha value is -1.10. The van der Waals surface area contributed by atoms with Gasteiger partial charge < -0.3 is 20.1 Å². The van der Waals surface area contributed by atoms with E-state index in [4.69, 9.17) is 4.74 Å². The highest BCUT2D eigenvalue weighted by molar-refractivity contribution is 5.56. The van der Waals surface area contributed by atoms with Crippen LogP contribution in [0.25, 0.3) is 0 Å². The Kier molecular flexibility index (Phi) is 6.03. The third-order valence-electron chi connectivity index (χ3n) is 4.12. The molecule has 0 saturated carbocycles. The van der Waals surface area contributed by atoms with Crippen molar-refractivity contribution in [2.45, 2.75) is 45.4 Å². The van der Waals surface area contributed by atoms with Crippen LogP contribution in [0.2, 0.25) is 0 Å². The molecule has 4 heteroatoms. The van der Waals surface area contributed by atoms with Crippen LogP contribution in [0.3, 0.4) is 0 Å². The molecule has 4 nitrogen and oxygen atoms in total. The third kappa shape index (κ3) is 3.96. The molecule has 3 unspecified atom stereocenters. The van der Waals surface area contributed by atoms with Gasteiger partial charge in [-0.25, -0.2) is 0 Å². The van der Waals surface area contributed by atoms with Crippen LogP contribution in [0.5, 0.6) is 0 Å². The van der Waals surface area contributed by atoms with E-state index in [-0.39, 0.29) is 12.7 Å². The summed E-state index contributed by atoms with van der Waals surface area (Å²) in [6, 6.07) is 9.20. The number of benzene rings is 1. The highest BCUT2D eigenvalue weighted by Gasteiger charge is 2.27. The molecule has 3 atom stereocenters. The number of aliphatic hydroxyl groups is 1. The normalized spacial score (nSPS) is 24.1. The number of morpholine rings is 1. The van der Waals surface area contributed by atoms with Gasteiger partial charge in [-0.15, -0.1) is 0 Å². The number of aliphatic hydroxyl groups excluding tert-OH is 1. The molecule has 1 aliphatic rings. The monoisotopic (exact) mass is 292 g/mol. The minimum Gasteiger partial charge on any atom is -0.394 e. The van der Waals surface area contributed by atoms with Crippen LogP contribution in [0.15, 0.2) is 24.3 Å². The lowest BCUT2D eigenvalue weighted by Gasteiger charge is -2.40. The van der Waals surface area contributed by atoms with Gasteiger partial charge >= 0.3 is 0 Å². The lowest BCUT2D eigenvalue weighted by molar-refractivity contribution is -0.0104. The number of nitrogens with one attached hydrogen (secondary N) is 1. The molecule has 2 N–H and O–H groups in total. The summed E-state index contributed by atoms with van der Waals surface area (Å²) >= 11 is 0. The summed E-state index contributed by atoms with van der Waals surface area (Å²) in [7, 11) is 0. The zero-order chi connectivity index (χ0) is 15.2. The Morgan fingerprint density at radius 2 is 2.19 bits per heavy atom. The number of rotatable bonds is 6. The Balaban J connectivity index is 2.21. The van der Waals surface area contributed by atoms with E-state index < -0.39 is 0 Å². The fraction of sp³-hybridized carbons (Fsp3) is 0.647. The van der Waals surface area contributed by atoms with Gasteiger partial charge in [-0.3, -0.25) is 0 Å². The van der Waals surface area contributed by atoms with Crippen molar-refractivity contribution in [2.24, 2.45) is 0 Å². The van der Waals surface area contributed by atoms with E-state index >= 15 is 0 Å². The summed E-state index contributed by atoms with van der Waals surface area (Å²) < 4.78 is 5.65. The van der Waals surface area contributed by atoms with Gasteiger partial charge in [0.25, 0.3) is 0 Å². The van der Waals surface area contributed by atoms with Gasteiger partial charge in [-0.05, 0) is 38.4 Å². The number of nitrogens with zero attached hydrogens (tertiary/aromatic N) is 1. The minimum absolute atomic E-state index is 0.0784. The highest BCUT2D eigenvalue weighted by Crippen LogP contribution is 2.29. The minimum atomic E-state index is -0.0897. The van der Waals surface area contributed by atoms with Crippen molar-refractivity contribution >= 4 is 5.69 Å². The molecule has 1 aliphatic heterocycles. The molecule has 1 aromatic carbocycles. The maximum Gasteiger partial charge on any atom is 0.0981 e. The molecule has 118 valence electrons. The molecule has 0 spiro atoms. The predicted molar refractivity (Wildman–Crippen MR) is 86.8 cm³/mol. The molecule has 21 heavy (non-hydrogen) atoms. The standard InChI is InChI=1S/C17H28N2O2/c1-4-9-18-14(3)16-7-5-6-8-17(16)19-10-15(11-20)21-12-13(19)2/h5-8,13-15,18,20H,4,9-12H2,1-3H3. The van der Waals surface area contributed by atoms with E-state index in [1.165, 1.54) is 11.3 Å². The summed E-state index contributed by atoms with van der Waals surface area (Å²) in [5.41, 5.74) is 2.57. The molecule has 0 amide bonds. The zero-order valence-corrected chi connectivity index (χ0v) is 13.4. The number of anilines is 1. The number of para-hydroxylation sites is 1. The summed E-state index contributed by atoms with van der Waals surface area (Å²) in [5.74, 6) is 0. The van der Waals surface area contributed by atoms with Crippen molar-refractivity contribution in [1.29, 1.82) is 0 Å². The van der Waals surface area contributed by atoms with Gasteiger partial charge in [-0.2, -0.15) is 0 Å². The predicted octanol–water partition coefficient (Wildman–Crippen LogP) is 2.33. The molecule has 0 radical (unpaired) electrons. The molecule has 0 bridgehead atoms. The number of hydrogen-bond donors (Lipinski definition) is 2. The van der Waals surface area contributed by atoms with Gasteiger partial charge in [0.2, 0.25) is 0 Å². The lowest BCUT2D eigenvalue weighted by Crippen LogP contribution is -2.50. The first-order chi connectivity index (χ1) is 10.2. The van der Waals surface area contributed by atoms with Gasteiger partial charge in [0.1, 0.15) is 0 Å². The summed E-state index contributed by atoms with van der Waals surface area (Å²) in [6.07, 6.45) is 1.04. The van der Waals surface area contributed by atoms with Crippen molar-refractivity contribution < 1.29 is 9.84 Å². The number of hydrogen-bond acceptors (Lipinski definition) is 4. The van der Waals surface area contributed by atoms with Gasteiger partial charge in [0.05, 0.1) is 19.3 Å². The van der Waals surface area contributed by atoms with Crippen LogP contribution >= 0.6 is 0 Å². The van der Waals surface area contributed by atoms with Crippen LogP contribution in [0, 0.1) is 0 Å². The van der Waals surface area contributed by atoms with Crippen molar-refractivity contribution in [2.75, 3.05) is 31.2 Å². The van der Waals surface area contributed by atoms with Crippen molar-refractivity contribution in [3.63, 3.8) is 0 Å². The second-order valence-electron chi connectivity index (χ2n) is 5.87. The average molecular weight is 292 g/mol. The summed E-state index contributed by atoms with van der Waals surface area (Å²) in [6.45, 7) is 9.08. The smallest absolute Gasteiger partial charge is 0.0981 e. The largest absolute Gasteiger partial charge is 0.394 e. The van der Waals surface area contributed by atoms with Crippen molar-refractivity contribution in [1.82, 2.24) is 5.32 Å². The topological polar surface area (TPSA) is 44.7 Å². The summed E-state index contributed by atoms with van der Waals surface area (Å²) in [5, 5.41) is 12.9. The lowest BCUT2D eigenvalue weighted by atomic mass is 10.0. The van der Waals surface area contributed by atoms with Crippen molar-refractivity contribution in [3.8, 4) is 0 Å². The first kappa shape index (κ1) is 16.3. The second kappa shape index (κ2) is 7.78. The molecule has 1 fully saturated rings. The van der Waals surface area contributed by atoms with E-state index in [1.54, 1.807) is 0 Å². The Morgan fingerprint density at radius 1 is 1.43 bits per heavy atom. The maximum absolute atomic E-state index is 9.37. The Bertz CT molecular complexity index is 439. The van der Waals surface area contributed by atoms with Gasteiger partial charge in [0.15, 0.2) is 0 Å². The molecular formula is C17H28N2O2. The van der Waals surface area contributed by atoms with E-state index in [1.807, 2.05) is 0 Å². The average Bonchev–Trinajstić information content (AvgIpc) is 2.53. The van der Waals surface area contributed by atoms with Crippen LogP contribution < -0.4 is 10.2 Å². The Labute approximate surface area is 128 Å².